The van der Waals surface area contributed by atoms with Crippen molar-refractivity contribution < 1.29 is 14.6 Å². The van der Waals surface area contributed by atoms with Gasteiger partial charge in [-0.3, -0.25) is 4.79 Å². The third kappa shape index (κ3) is 10.8. The van der Waals surface area contributed by atoms with Gasteiger partial charge in [0.05, 0.1) is 38.3 Å². The van der Waals surface area contributed by atoms with Gasteiger partial charge in [-0.1, -0.05) is 87.1 Å². The first-order valence-corrected chi connectivity index (χ1v) is 23.0. The van der Waals surface area contributed by atoms with Crippen LogP contribution in [-0.4, -0.2) is 24.2 Å². The standard InChI is InChI=1S/C49H46Br2IN5O3/c1-32-15-9-12-18-43(32)54-53-37-21-22-44(33(2)27-37)55-56-47-38-17-11-10-16-35(38)19-24-46(47)60-26-14-8-6-4-3-5-7-13-25-57-45-23-20-36(52)31-39(45)40(49(57)59)28-34-29-41(50)48(58)42(51)30-34/h9-12,15-24,27-31,58H,3-8,13-14,25-26H2,1-2H3. The summed E-state index contributed by atoms with van der Waals surface area (Å²) < 4.78 is 8.57. The van der Waals surface area contributed by atoms with E-state index in [1.54, 1.807) is 0 Å². The number of aryl methyl sites for hydroxylation is 2. The van der Waals surface area contributed by atoms with E-state index in [2.05, 4.69) is 106 Å². The largest absolute Gasteiger partial charge is 0.506 e. The molecule has 11 heteroatoms. The van der Waals surface area contributed by atoms with Crippen LogP contribution in [0.2, 0.25) is 0 Å². The summed E-state index contributed by atoms with van der Waals surface area (Å²) in [6.45, 7) is 5.33. The van der Waals surface area contributed by atoms with Gasteiger partial charge in [0.15, 0.2) is 0 Å². The van der Waals surface area contributed by atoms with E-state index in [1.165, 1.54) is 12.8 Å². The lowest BCUT2D eigenvalue weighted by Gasteiger charge is -2.17. The van der Waals surface area contributed by atoms with Crippen molar-refractivity contribution in [2.75, 3.05) is 18.1 Å². The summed E-state index contributed by atoms with van der Waals surface area (Å²) >= 11 is 9.12. The molecule has 6 aromatic carbocycles. The Bertz CT molecular complexity index is 2590. The average molecular weight is 1040 g/mol. The van der Waals surface area contributed by atoms with Gasteiger partial charge < -0.3 is 14.7 Å². The molecule has 306 valence electrons. The Hall–Kier alpha value is -4.72. The predicted octanol–water partition coefficient (Wildman–Crippen LogP) is 16.2. The monoisotopic (exact) mass is 1040 g/mol. The molecule has 0 unspecified atom stereocenters. The Labute approximate surface area is 382 Å². The van der Waals surface area contributed by atoms with Crippen molar-refractivity contribution in [3.63, 3.8) is 0 Å². The fourth-order valence-electron chi connectivity index (χ4n) is 7.30. The molecule has 0 spiro atoms. The van der Waals surface area contributed by atoms with Crippen LogP contribution in [0.5, 0.6) is 11.5 Å². The van der Waals surface area contributed by atoms with Crippen LogP contribution in [0.1, 0.15) is 73.6 Å². The zero-order chi connectivity index (χ0) is 42.0. The number of amides is 1. The first kappa shape index (κ1) is 43.4. The molecule has 0 bridgehead atoms. The van der Waals surface area contributed by atoms with Crippen molar-refractivity contribution >= 4 is 111 Å². The summed E-state index contributed by atoms with van der Waals surface area (Å²) in [6, 6.07) is 35.8. The van der Waals surface area contributed by atoms with E-state index in [0.29, 0.717) is 27.7 Å². The second-order valence-electron chi connectivity index (χ2n) is 15.0. The van der Waals surface area contributed by atoms with E-state index in [4.69, 9.17) is 9.85 Å². The number of hydrogen-bond acceptors (Lipinski definition) is 7. The van der Waals surface area contributed by atoms with Crippen LogP contribution >= 0.6 is 54.5 Å². The lowest BCUT2D eigenvalue weighted by atomic mass is 10.0. The highest BCUT2D eigenvalue weighted by molar-refractivity contribution is 14.1. The Morgan fingerprint density at radius 2 is 1.38 bits per heavy atom. The number of ether oxygens (including phenoxy) is 1. The number of carbonyl (C=O) groups excluding carboxylic acids is 1. The molecule has 60 heavy (non-hydrogen) atoms. The van der Waals surface area contributed by atoms with Crippen LogP contribution in [0, 0.1) is 17.4 Å². The minimum absolute atomic E-state index is 0.0205. The molecule has 7 rings (SSSR count). The average Bonchev–Trinajstić information content (AvgIpc) is 3.49. The molecule has 0 saturated heterocycles. The molecule has 1 aliphatic rings. The van der Waals surface area contributed by atoms with Crippen LogP contribution in [0.15, 0.2) is 139 Å². The fraction of sp³-hybridized carbons (Fsp3) is 0.245. The van der Waals surface area contributed by atoms with Crippen molar-refractivity contribution in [3.8, 4) is 11.5 Å². The van der Waals surface area contributed by atoms with Crippen molar-refractivity contribution in [2.45, 2.75) is 65.2 Å². The van der Waals surface area contributed by atoms with Gasteiger partial charge in [0.1, 0.15) is 17.2 Å². The molecule has 1 heterocycles. The maximum Gasteiger partial charge on any atom is 0.258 e. The number of anilines is 1. The van der Waals surface area contributed by atoms with Gasteiger partial charge in [-0.25, -0.2) is 0 Å². The van der Waals surface area contributed by atoms with Crippen molar-refractivity contribution in [3.05, 3.63) is 144 Å². The highest BCUT2D eigenvalue weighted by atomic mass is 127. The lowest BCUT2D eigenvalue weighted by Crippen LogP contribution is -2.27. The van der Waals surface area contributed by atoms with Crippen LogP contribution in [-0.2, 0) is 4.79 Å². The Morgan fingerprint density at radius 1 is 0.700 bits per heavy atom. The molecule has 0 radical (unpaired) electrons. The van der Waals surface area contributed by atoms with Crippen molar-refractivity contribution in [1.29, 1.82) is 0 Å². The number of phenols is 1. The second-order valence-corrected chi connectivity index (χ2v) is 17.9. The molecule has 1 amide bonds. The van der Waals surface area contributed by atoms with Gasteiger partial charge >= 0.3 is 0 Å². The minimum Gasteiger partial charge on any atom is -0.506 e. The normalized spacial score (nSPS) is 13.4. The third-order valence-electron chi connectivity index (χ3n) is 10.6. The topological polar surface area (TPSA) is 99.2 Å². The first-order chi connectivity index (χ1) is 29.2. The number of aromatic hydroxyl groups is 1. The number of phenolic OH excluding ortho intramolecular Hbond substituents is 1. The number of halogens is 3. The van der Waals surface area contributed by atoms with E-state index >= 15 is 0 Å². The van der Waals surface area contributed by atoms with E-state index in [1.807, 2.05) is 97.6 Å². The van der Waals surface area contributed by atoms with Gasteiger partial charge in [-0.2, -0.15) is 15.3 Å². The molecule has 0 saturated carbocycles. The summed E-state index contributed by atoms with van der Waals surface area (Å²) in [6.07, 6.45) is 10.6. The molecule has 1 N–H and O–H groups in total. The highest BCUT2D eigenvalue weighted by Gasteiger charge is 2.32. The molecule has 6 aromatic rings. The van der Waals surface area contributed by atoms with Crippen LogP contribution in [0.3, 0.4) is 0 Å². The quantitative estimate of drug-likeness (QED) is 0.0426. The van der Waals surface area contributed by atoms with Crippen molar-refractivity contribution in [2.24, 2.45) is 20.5 Å². The number of hydrogen-bond donors (Lipinski definition) is 1. The van der Waals surface area contributed by atoms with E-state index in [-0.39, 0.29) is 11.7 Å². The Balaban J connectivity index is 0.861. The molecule has 0 aromatic heterocycles. The van der Waals surface area contributed by atoms with Gasteiger partial charge in [-0.05, 0) is 170 Å². The predicted molar refractivity (Wildman–Crippen MR) is 260 cm³/mol. The lowest BCUT2D eigenvalue weighted by molar-refractivity contribution is -0.113. The number of benzene rings is 6. The zero-order valence-electron chi connectivity index (χ0n) is 33.7. The SMILES string of the molecule is Cc1ccccc1N=Nc1ccc(N=Nc2c(OCCCCCCCCCCN3C(=O)C(=Cc4cc(Br)c(O)c(Br)c4)c4cc(I)ccc43)ccc3ccccc23)c(C)c1. The van der Waals surface area contributed by atoms with Gasteiger partial charge in [0.2, 0.25) is 0 Å². The number of unbranched alkanes of at least 4 members (excludes halogenated alkanes) is 7. The smallest absolute Gasteiger partial charge is 0.258 e. The molecule has 8 nitrogen and oxygen atoms in total. The summed E-state index contributed by atoms with van der Waals surface area (Å²) in [5, 5.41) is 30.5. The summed E-state index contributed by atoms with van der Waals surface area (Å²) in [7, 11) is 0. The maximum atomic E-state index is 13.7. The number of carbonyl (C=O) groups is 1. The highest BCUT2D eigenvalue weighted by Crippen LogP contribution is 2.41. The number of rotatable bonds is 17. The van der Waals surface area contributed by atoms with Crippen LogP contribution < -0.4 is 9.64 Å². The zero-order valence-corrected chi connectivity index (χ0v) is 39.0. The number of nitrogens with zero attached hydrogens (tertiary/aromatic N) is 5. The van der Waals surface area contributed by atoms with Gasteiger partial charge in [-0.15, -0.1) is 5.11 Å². The van der Waals surface area contributed by atoms with Gasteiger partial charge in [0.25, 0.3) is 5.91 Å². The fourth-order valence-corrected chi connectivity index (χ4v) is 9.01. The molecule has 0 atom stereocenters. The van der Waals surface area contributed by atoms with Crippen LogP contribution in [0.25, 0.3) is 22.4 Å². The van der Waals surface area contributed by atoms with Gasteiger partial charge in [0, 0.05) is 26.6 Å². The molecule has 1 aliphatic heterocycles. The summed E-state index contributed by atoms with van der Waals surface area (Å²) in [5.74, 6) is 0.893. The molecule has 0 fully saturated rings. The summed E-state index contributed by atoms with van der Waals surface area (Å²) in [5.41, 5.74) is 8.57. The van der Waals surface area contributed by atoms with E-state index < -0.39 is 0 Å². The maximum absolute atomic E-state index is 13.7. The molecular formula is C49H46Br2IN5O3. The Morgan fingerprint density at radius 3 is 2.15 bits per heavy atom. The van der Waals surface area contributed by atoms with E-state index in [9.17, 15) is 9.90 Å². The summed E-state index contributed by atoms with van der Waals surface area (Å²) in [4.78, 5) is 15.6. The first-order valence-electron chi connectivity index (χ1n) is 20.3. The second kappa shape index (κ2) is 20.7. The van der Waals surface area contributed by atoms with Crippen LogP contribution in [0.4, 0.5) is 28.4 Å². The van der Waals surface area contributed by atoms with Crippen molar-refractivity contribution in [1.82, 2.24) is 0 Å². The number of fused-ring (bicyclic) bond motifs is 2. The number of azo groups is 2. The van der Waals surface area contributed by atoms with E-state index in [0.717, 1.165) is 109 Å². The minimum atomic E-state index is 0.0205. The molecular weight excluding hydrogens is 993 g/mol. The molecule has 0 aliphatic carbocycles. The Kier molecular flexibility index (Phi) is 15.0. The third-order valence-corrected chi connectivity index (χ3v) is 12.5.